The lowest BCUT2D eigenvalue weighted by Crippen LogP contribution is -2.43. The number of esters is 1. The fraction of sp³-hybridized carbons (Fsp3) is 0.923. The van der Waals surface area contributed by atoms with Gasteiger partial charge in [-0.25, -0.2) is 0 Å². The second-order valence-electron chi connectivity index (χ2n) is 5.25. The van der Waals surface area contributed by atoms with Gasteiger partial charge in [0.2, 0.25) is 0 Å². The molecule has 0 amide bonds. The lowest BCUT2D eigenvalue weighted by Gasteiger charge is -2.17. The first kappa shape index (κ1) is 19.3. The van der Waals surface area contributed by atoms with Gasteiger partial charge in [-0.2, -0.15) is 0 Å². The van der Waals surface area contributed by atoms with Crippen LogP contribution in [0.5, 0.6) is 0 Å². The Morgan fingerprint density at radius 1 is 1.19 bits per heavy atom. The summed E-state index contributed by atoms with van der Waals surface area (Å²) in [6.07, 6.45) is 3.45. The zero-order valence-electron chi connectivity index (χ0n) is 12.9. The third-order valence-electron chi connectivity index (χ3n) is 3.47. The summed E-state index contributed by atoms with van der Waals surface area (Å²) in [6.45, 7) is 4.86. The minimum Gasteiger partial charge on any atom is -0.462 e. The first-order valence-corrected chi connectivity index (χ1v) is 7.26. The molecule has 0 spiro atoms. The third-order valence-corrected chi connectivity index (χ3v) is 3.47. The van der Waals surface area contributed by atoms with Crippen molar-refractivity contribution < 1.29 is 19.4 Å². The van der Waals surface area contributed by atoms with Gasteiger partial charge in [0.15, 0.2) is 0 Å². The van der Waals surface area contributed by atoms with Gasteiger partial charge in [0.05, 0.1) is 29.6 Å². The third kappa shape index (κ3) is 6.50. The number of nitro groups is 2. The number of ether oxygens (including phenoxy) is 1. The number of carbonyl (C=O) groups excluding carboxylic acids is 1. The van der Waals surface area contributed by atoms with E-state index in [9.17, 15) is 25.0 Å². The highest BCUT2D eigenvalue weighted by atomic mass is 16.7. The molecule has 0 rings (SSSR count). The summed E-state index contributed by atoms with van der Waals surface area (Å²) in [5.41, 5.74) is -2.34. The molecule has 0 aliphatic carbocycles. The van der Waals surface area contributed by atoms with Crippen LogP contribution in [0.25, 0.3) is 0 Å². The maximum Gasteiger partial charge on any atom is 0.456 e. The minimum absolute atomic E-state index is 0.221. The van der Waals surface area contributed by atoms with Crippen molar-refractivity contribution >= 4 is 5.97 Å². The Morgan fingerprint density at radius 2 is 1.76 bits per heavy atom. The highest BCUT2D eigenvalue weighted by Crippen LogP contribution is 2.19. The quantitative estimate of drug-likeness (QED) is 0.191. The Balaban J connectivity index is 4.35. The van der Waals surface area contributed by atoms with Crippen LogP contribution in [0.2, 0.25) is 0 Å². The van der Waals surface area contributed by atoms with E-state index in [4.69, 9.17) is 4.74 Å². The number of hydrogen-bond acceptors (Lipinski definition) is 6. The summed E-state index contributed by atoms with van der Waals surface area (Å²) in [5, 5.41) is 21.5. The largest absolute Gasteiger partial charge is 0.462 e. The predicted molar refractivity (Wildman–Crippen MR) is 75.9 cm³/mol. The molecule has 21 heavy (non-hydrogen) atoms. The fourth-order valence-corrected chi connectivity index (χ4v) is 1.80. The highest BCUT2D eigenvalue weighted by molar-refractivity contribution is 5.69. The summed E-state index contributed by atoms with van der Waals surface area (Å²) >= 11 is 0. The molecule has 0 N–H and O–H groups in total. The molecule has 0 bridgehead atoms. The smallest absolute Gasteiger partial charge is 0.456 e. The molecule has 0 fully saturated rings. The van der Waals surface area contributed by atoms with Crippen molar-refractivity contribution in [3.8, 4) is 0 Å². The average Bonchev–Trinajstić information content (AvgIpc) is 2.43. The second-order valence-corrected chi connectivity index (χ2v) is 5.25. The van der Waals surface area contributed by atoms with Crippen LogP contribution in [0.4, 0.5) is 0 Å². The standard InChI is InChI=1S/C13H24N2O6/c1-4-6-7-8-11(5-2)21-12(16)9-10-13(3,14(17)18)15(19)20/h11H,4-10H2,1-3H3. The zero-order valence-corrected chi connectivity index (χ0v) is 12.9. The van der Waals surface area contributed by atoms with Crippen molar-refractivity contribution in [1.82, 2.24) is 0 Å². The van der Waals surface area contributed by atoms with E-state index in [2.05, 4.69) is 6.92 Å². The first-order valence-electron chi connectivity index (χ1n) is 7.26. The number of carbonyl (C=O) groups is 1. The number of unbranched alkanes of at least 4 members (excludes halogenated alkanes) is 2. The Kier molecular flexibility index (Phi) is 8.49. The molecule has 1 atom stereocenters. The van der Waals surface area contributed by atoms with Crippen LogP contribution in [0, 0.1) is 20.2 Å². The fourth-order valence-electron chi connectivity index (χ4n) is 1.80. The number of rotatable bonds is 11. The van der Waals surface area contributed by atoms with Gasteiger partial charge in [0.1, 0.15) is 6.10 Å². The normalized spacial score (nSPS) is 12.7. The number of nitrogens with zero attached hydrogens (tertiary/aromatic N) is 2. The number of hydrogen-bond donors (Lipinski definition) is 0. The second kappa shape index (κ2) is 9.25. The molecule has 0 aromatic heterocycles. The Bertz CT molecular complexity index is 358. The molecule has 0 aromatic rings. The summed E-state index contributed by atoms with van der Waals surface area (Å²) in [6, 6.07) is 0. The summed E-state index contributed by atoms with van der Waals surface area (Å²) in [4.78, 5) is 31.2. The van der Waals surface area contributed by atoms with E-state index in [1.54, 1.807) is 0 Å². The lowest BCUT2D eigenvalue weighted by atomic mass is 10.1. The van der Waals surface area contributed by atoms with Crippen LogP contribution in [0.3, 0.4) is 0 Å². The zero-order chi connectivity index (χ0) is 16.5. The van der Waals surface area contributed by atoms with Gasteiger partial charge >= 0.3 is 11.6 Å². The van der Waals surface area contributed by atoms with Crippen LogP contribution in [-0.2, 0) is 9.53 Å². The van der Waals surface area contributed by atoms with E-state index in [0.29, 0.717) is 6.42 Å². The van der Waals surface area contributed by atoms with Gasteiger partial charge in [-0.15, -0.1) is 0 Å². The summed E-state index contributed by atoms with van der Waals surface area (Å²) in [5.74, 6) is -0.617. The molecule has 0 aromatic carbocycles. The van der Waals surface area contributed by atoms with Crippen molar-refractivity contribution in [1.29, 1.82) is 0 Å². The van der Waals surface area contributed by atoms with Crippen LogP contribution < -0.4 is 0 Å². The Labute approximate surface area is 124 Å². The Hall–Kier alpha value is -1.73. The monoisotopic (exact) mass is 304 g/mol. The molecule has 122 valence electrons. The van der Waals surface area contributed by atoms with Crippen LogP contribution in [0.1, 0.15) is 65.7 Å². The van der Waals surface area contributed by atoms with E-state index < -0.39 is 27.9 Å². The van der Waals surface area contributed by atoms with Crippen LogP contribution in [0.15, 0.2) is 0 Å². The predicted octanol–water partition coefficient (Wildman–Crippen LogP) is 2.94. The van der Waals surface area contributed by atoms with Gasteiger partial charge < -0.3 is 4.74 Å². The van der Waals surface area contributed by atoms with Crippen molar-refractivity contribution in [2.75, 3.05) is 0 Å². The topological polar surface area (TPSA) is 113 Å². The highest BCUT2D eigenvalue weighted by Gasteiger charge is 2.50. The van der Waals surface area contributed by atoms with Gasteiger partial charge in [-0.3, -0.25) is 25.0 Å². The molecule has 1 unspecified atom stereocenters. The van der Waals surface area contributed by atoms with Crippen LogP contribution >= 0.6 is 0 Å². The molecule has 8 nitrogen and oxygen atoms in total. The van der Waals surface area contributed by atoms with Gasteiger partial charge in [0.25, 0.3) is 0 Å². The van der Waals surface area contributed by atoms with E-state index in [-0.39, 0.29) is 12.5 Å². The molecule has 0 saturated carbocycles. The van der Waals surface area contributed by atoms with Gasteiger partial charge in [-0.1, -0.05) is 26.7 Å². The van der Waals surface area contributed by atoms with E-state index >= 15 is 0 Å². The molecule has 0 heterocycles. The molecular formula is C13H24N2O6. The van der Waals surface area contributed by atoms with Crippen LogP contribution in [-0.4, -0.2) is 27.6 Å². The summed E-state index contributed by atoms with van der Waals surface area (Å²) < 4.78 is 5.22. The first-order chi connectivity index (χ1) is 9.77. The van der Waals surface area contributed by atoms with Crippen molar-refractivity contribution in [2.24, 2.45) is 0 Å². The maximum atomic E-state index is 11.7. The van der Waals surface area contributed by atoms with Gasteiger partial charge in [-0.05, 0) is 19.3 Å². The maximum absolute atomic E-state index is 11.7. The molecule has 0 aliphatic heterocycles. The Morgan fingerprint density at radius 3 is 2.19 bits per heavy atom. The van der Waals surface area contributed by atoms with E-state index in [0.717, 1.165) is 32.6 Å². The average molecular weight is 304 g/mol. The molecule has 0 radical (unpaired) electrons. The SMILES string of the molecule is CCCCCC(CC)OC(=O)CCC(C)([N+](=O)[O-])[N+](=O)[O-]. The molecule has 8 heteroatoms. The summed E-state index contributed by atoms with van der Waals surface area (Å²) in [7, 11) is 0. The van der Waals surface area contributed by atoms with Crippen molar-refractivity contribution in [3.63, 3.8) is 0 Å². The molecular weight excluding hydrogens is 280 g/mol. The van der Waals surface area contributed by atoms with E-state index in [1.165, 1.54) is 0 Å². The molecule has 0 saturated heterocycles. The van der Waals surface area contributed by atoms with Crippen molar-refractivity contribution in [2.45, 2.75) is 77.5 Å². The molecule has 0 aliphatic rings. The van der Waals surface area contributed by atoms with Gasteiger partial charge in [0, 0.05) is 0 Å². The van der Waals surface area contributed by atoms with E-state index in [1.807, 2.05) is 6.92 Å². The van der Waals surface area contributed by atoms with Crippen molar-refractivity contribution in [3.05, 3.63) is 20.2 Å². The lowest BCUT2D eigenvalue weighted by molar-refractivity contribution is -0.792. The minimum atomic E-state index is -2.34.